The lowest BCUT2D eigenvalue weighted by Gasteiger charge is -2.35. The van der Waals surface area contributed by atoms with Gasteiger partial charge in [0.25, 0.3) is 5.91 Å². The first kappa shape index (κ1) is 22.2. The number of ether oxygens (including phenoxy) is 2. The molecule has 1 aliphatic heterocycles. The monoisotopic (exact) mass is 432 g/mol. The van der Waals surface area contributed by atoms with E-state index in [0.717, 1.165) is 5.56 Å². The molecule has 1 atom stereocenters. The van der Waals surface area contributed by atoms with Gasteiger partial charge < -0.3 is 9.47 Å². The highest BCUT2D eigenvalue weighted by atomic mass is 32.1. The zero-order valence-corrected chi connectivity index (χ0v) is 18.8. The number of anilines is 1. The van der Waals surface area contributed by atoms with Crippen LogP contribution in [0.25, 0.3) is 10.6 Å². The smallest absolute Gasteiger partial charge is 0.411 e. The van der Waals surface area contributed by atoms with E-state index in [1.807, 2.05) is 12.1 Å². The quantitative estimate of drug-likeness (QED) is 0.787. The molecule has 0 aliphatic carbocycles. The molecule has 162 valence electrons. The summed E-state index contributed by atoms with van der Waals surface area (Å²) in [6.45, 7) is 10.4. The minimum atomic E-state index is -0.786. The van der Waals surface area contributed by atoms with Crippen molar-refractivity contribution in [3.8, 4) is 10.6 Å². The summed E-state index contributed by atoms with van der Waals surface area (Å²) in [5.41, 5.74) is 1.54. The normalized spacial score (nSPS) is 17.1. The maximum Gasteiger partial charge on any atom is 0.411 e. The van der Waals surface area contributed by atoms with Gasteiger partial charge in [-0.3, -0.25) is 15.0 Å². The molecular weight excluding hydrogens is 404 g/mol. The lowest BCUT2D eigenvalue weighted by Crippen LogP contribution is -2.55. The minimum absolute atomic E-state index is 0.105. The third kappa shape index (κ3) is 5.54. The Balaban J connectivity index is 1.68. The molecule has 0 radical (unpaired) electrons. The summed E-state index contributed by atoms with van der Waals surface area (Å²) in [5.74, 6) is 0.0763. The van der Waals surface area contributed by atoms with E-state index in [4.69, 9.17) is 9.47 Å². The van der Waals surface area contributed by atoms with E-state index in [-0.39, 0.29) is 19.1 Å². The molecule has 30 heavy (non-hydrogen) atoms. The number of amides is 2. The molecule has 1 saturated heterocycles. The fraction of sp³-hybridized carbons (Fsp3) is 0.524. The van der Waals surface area contributed by atoms with Gasteiger partial charge in [-0.25, -0.2) is 4.79 Å². The van der Waals surface area contributed by atoms with Gasteiger partial charge in [0.15, 0.2) is 0 Å². The molecule has 1 aliphatic rings. The van der Waals surface area contributed by atoms with Crippen LogP contribution in [0, 0.1) is 0 Å². The SMILES string of the molecule is CC(C)c1ccc(-c2nnc(NC(=O)C3COCCN3C(=O)OC(C)(C)C)s2)cc1. The number of hydrogen-bond acceptors (Lipinski definition) is 7. The van der Waals surface area contributed by atoms with Gasteiger partial charge in [-0.2, -0.15) is 0 Å². The molecular formula is C21H28N4O4S. The van der Waals surface area contributed by atoms with E-state index < -0.39 is 17.7 Å². The van der Waals surface area contributed by atoms with Crippen molar-refractivity contribution in [3.05, 3.63) is 29.8 Å². The summed E-state index contributed by atoms with van der Waals surface area (Å²) in [7, 11) is 0. The average Bonchev–Trinajstić information content (AvgIpc) is 3.15. The first-order valence-electron chi connectivity index (χ1n) is 9.96. The number of rotatable bonds is 4. The van der Waals surface area contributed by atoms with Crippen molar-refractivity contribution in [2.75, 3.05) is 25.1 Å². The van der Waals surface area contributed by atoms with Crippen LogP contribution in [0.5, 0.6) is 0 Å². The lowest BCUT2D eigenvalue weighted by atomic mass is 10.0. The Morgan fingerprint density at radius 3 is 2.57 bits per heavy atom. The van der Waals surface area contributed by atoms with Crippen molar-refractivity contribution in [1.29, 1.82) is 0 Å². The van der Waals surface area contributed by atoms with Gasteiger partial charge in [0, 0.05) is 12.1 Å². The van der Waals surface area contributed by atoms with Gasteiger partial charge in [-0.15, -0.1) is 10.2 Å². The predicted molar refractivity (Wildman–Crippen MR) is 116 cm³/mol. The van der Waals surface area contributed by atoms with Crippen molar-refractivity contribution < 1.29 is 19.1 Å². The third-order valence-electron chi connectivity index (χ3n) is 4.54. The third-order valence-corrected chi connectivity index (χ3v) is 5.43. The topological polar surface area (TPSA) is 93.6 Å². The van der Waals surface area contributed by atoms with Crippen LogP contribution in [0.15, 0.2) is 24.3 Å². The van der Waals surface area contributed by atoms with Gasteiger partial charge in [0.1, 0.15) is 16.7 Å². The second kappa shape index (κ2) is 9.09. The van der Waals surface area contributed by atoms with E-state index >= 15 is 0 Å². The Labute approximate surface area is 180 Å². The van der Waals surface area contributed by atoms with Crippen LogP contribution in [0.3, 0.4) is 0 Å². The summed E-state index contributed by atoms with van der Waals surface area (Å²) in [6.07, 6.45) is -0.533. The van der Waals surface area contributed by atoms with E-state index in [9.17, 15) is 9.59 Å². The zero-order chi connectivity index (χ0) is 21.9. The molecule has 1 aromatic heterocycles. The van der Waals surface area contributed by atoms with Crippen LogP contribution in [-0.4, -0.2) is 58.5 Å². The number of nitrogens with zero attached hydrogens (tertiary/aromatic N) is 3. The average molecular weight is 433 g/mol. The van der Waals surface area contributed by atoms with Gasteiger partial charge in [-0.1, -0.05) is 49.4 Å². The van der Waals surface area contributed by atoms with Crippen LogP contribution >= 0.6 is 11.3 Å². The van der Waals surface area contributed by atoms with E-state index in [1.165, 1.54) is 21.8 Å². The first-order valence-corrected chi connectivity index (χ1v) is 10.8. The van der Waals surface area contributed by atoms with Crippen LogP contribution in [0.2, 0.25) is 0 Å². The molecule has 1 fully saturated rings. The van der Waals surface area contributed by atoms with Gasteiger partial charge in [-0.05, 0) is 32.3 Å². The van der Waals surface area contributed by atoms with Crippen molar-refractivity contribution in [1.82, 2.24) is 15.1 Å². The van der Waals surface area contributed by atoms with Crippen molar-refractivity contribution in [3.63, 3.8) is 0 Å². The zero-order valence-electron chi connectivity index (χ0n) is 18.0. The van der Waals surface area contributed by atoms with E-state index in [0.29, 0.717) is 22.7 Å². The summed E-state index contributed by atoms with van der Waals surface area (Å²) in [5, 5.41) is 12.1. The fourth-order valence-corrected chi connectivity index (χ4v) is 3.70. The van der Waals surface area contributed by atoms with Gasteiger partial charge in [0.05, 0.1) is 13.2 Å². The molecule has 8 nitrogen and oxygen atoms in total. The fourth-order valence-electron chi connectivity index (χ4n) is 2.95. The lowest BCUT2D eigenvalue weighted by molar-refractivity contribution is -0.127. The standard InChI is InChI=1S/C21H28N4O4S/c1-13(2)14-6-8-15(9-7-14)18-23-24-19(30-18)22-17(26)16-12-28-11-10-25(16)20(27)29-21(3,4)5/h6-9,13,16H,10-12H2,1-5H3,(H,22,24,26). The number of carbonyl (C=O) groups is 2. The van der Waals surface area contributed by atoms with Crippen molar-refractivity contribution in [2.45, 2.75) is 52.2 Å². The van der Waals surface area contributed by atoms with E-state index in [1.54, 1.807) is 20.8 Å². The Kier molecular flexibility index (Phi) is 6.72. The van der Waals surface area contributed by atoms with Crippen LogP contribution < -0.4 is 5.32 Å². The summed E-state index contributed by atoms with van der Waals surface area (Å²) in [4.78, 5) is 26.7. The van der Waals surface area contributed by atoms with Crippen LogP contribution in [0.4, 0.5) is 9.93 Å². The minimum Gasteiger partial charge on any atom is -0.444 e. The molecule has 2 amide bonds. The van der Waals surface area contributed by atoms with Gasteiger partial charge >= 0.3 is 6.09 Å². The molecule has 9 heteroatoms. The molecule has 1 unspecified atom stereocenters. The molecule has 1 aromatic carbocycles. The highest BCUT2D eigenvalue weighted by Crippen LogP contribution is 2.28. The second-order valence-corrected chi connectivity index (χ2v) is 9.42. The van der Waals surface area contributed by atoms with Crippen molar-refractivity contribution >= 4 is 28.5 Å². The van der Waals surface area contributed by atoms with Gasteiger partial charge in [0.2, 0.25) is 5.13 Å². The number of morpholine rings is 1. The molecule has 3 rings (SSSR count). The number of hydrogen-bond donors (Lipinski definition) is 1. The molecule has 2 aromatic rings. The maximum atomic E-state index is 12.8. The summed E-state index contributed by atoms with van der Waals surface area (Å²) < 4.78 is 10.8. The number of nitrogens with one attached hydrogen (secondary N) is 1. The Hall–Kier alpha value is -2.52. The number of aromatic nitrogens is 2. The molecule has 1 N–H and O–H groups in total. The van der Waals surface area contributed by atoms with E-state index in [2.05, 4.69) is 41.5 Å². The van der Waals surface area contributed by atoms with Crippen LogP contribution in [0.1, 0.15) is 46.1 Å². The number of carbonyl (C=O) groups excluding carboxylic acids is 2. The first-order chi connectivity index (χ1) is 14.1. The van der Waals surface area contributed by atoms with Crippen molar-refractivity contribution in [2.24, 2.45) is 0 Å². The number of benzene rings is 1. The predicted octanol–water partition coefficient (Wildman–Crippen LogP) is 3.90. The summed E-state index contributed by atoms with van der Waals surface area (Å²) >= 11 is 1.28. The van der Waals surface area contributed by atoms with Crippen LogP contribution in [-0.2, 0) is 14.3 Å². The highest BCUT2D eigenvalue weighted by molar-refractivity contribution is 7.18. The Bertz CT molecular complexity index is 889. The highest BCUT2D eigenvalue weighted by Gasteiger charge is 2.36. The molecule has 0 spiro atoms. The largest absolute Gasteiger partial charge is 0.444 e. The Morgan fingerprint density at radius 2 is 1.93 bits per heavy atom. The maximum absolute atomic E-state index is 12.8. The molecule has 0 bridgehead atoms. The second-order valence-electron chi connectivity index (χ2n) is 8.44. The molecule has 0 saturated carbocycles. The summed E-state index contributed by atoms with van der Waals surface area (Å²) in [6, 6.07) is 7.35. The molecule has 2 heterocycles. The Morgan fingerprint density at radius 1 is 1.23 bits per heavy atom.